The van der Waals surface area contributed by atoms with E-state index in [1.54, 1.807) is 0 Å². The molecule has 6 nitrogen and oxygen atoms in total. The number of hydrogen-bond donors (Lipinski definition) is 5. The lowest BCUT2D eigenvalue weighted by atomic mass is 9.99. The van der Waals surface area contributed by atoms with Gasteiger partial charge in [-0.2, -0.15) is 0 Å². The number of rotatable bonds is 36. The van der Waals surface area contributed by atoms with Gasteiger partial charge in [-0.25, -0.2) is 0 Å². The average molecular weight is 642 g/mol. The molecule has 0 aliphatic carbocycles. The molecule has 0 fully saturated rings. The van der Waals surface area contributed by atoms with Crippen LogP contribution in [0.3, 0.4) is 0 Å². The highest BCUT2D eigenvalue weighted by atomic mass is 16.3. The van der Waals surface area contributed by atoms with E-state index in [-0.39, 0.29) is 0 Å². The summed E-state index contributed by atoms with van der Waals surface area (Å²) in [4.78, 5) is 12.4. The number of carbonyl (C=O) groups excluding carboxylic acids is 1. The summed E-state index contributed by atoms with van der Waals surface area (Å²) in [5.41, 5.74) is 0. The second-order valence-corrected chi connectivity index (χ2v) is 14.0. The van der Waals surface area contributed by atoms with E-state index >= 15 is 0 Å². The van der Waals surface area contributed by atoms with Gasteiger partial charge in [-0.1, -0.05) is 200 Å². The molecular weight excluding hydrogens is 562 g/mol. The molecule has 0 spiro atoms. The molecule has 0 rings (SSSR count). The largest absolute Gasteiger partial charge is 0.394 e. The zero-order chi connectivity index (χ0) is 33.2. The van der Waals surface area contributed by atoms with Gasteiger partial charge in [0.1, 0.15) is 12.2 Å². The van der Waals surface area contributed by atoms with E-state index < -0.39 is 36.9 Å². The average Bonchev–Trinajstić information content (AvgIpc) is 3.04. The van der Waals surface area contributed by atoms with Gasteiger partial charge in [0.2, 0.25) is 5.91 Å². The fourth-order valence-electron chi connectivity index (χ4n) is 6.34. The molecule has 0 aliphatic rings. The summed E-state index contributed by atoms with van der Waals surface area (Å²) in [6, 6.07) is -0.975. The third-order valence-corrected chi connectivity index (χ3v) is 9.57. The summed E-state index contributed by atoms with van der Waals surface area (Å²) in [5.74, 6) is -0.586. The lowest BCUT2D eigenvalue weighted by molar-refractivity contribution is -0.132. The fourth-order valence-corrected chi connectivity index (χ4v) is 6.34. The van der Waals surface area contributed by atoms with Gasteiger partial charge in [0.15, 0.2) is 0 Å². The monoisotopic (exact) mass is 642 g/mol. The molecule has 0 saturated carbocycles. The van der Waals surface area contributed by atoms with Crippen molar-refractivity contribution < 1.29 is 25.2 Å². The Kier molecular flexibility index (Phi) is 34.1. The van der Waals surface area contributed by atoms with Gasteiger partial charge >= 0.3 is 0 Å². The molecule has 0 aliphatic heterocycles. The number of unbranched alkanes of at least 4 members (excludes halogenated alkanes) is 27. The zero-order valence-electron chi connectivity index (χ0n) is 30.1. The molecule has 0 saturated heterocycles. The molecule has 0 heterocycles. The molecule has 6 heteroatoms. The second-order valence-electron chi connectivity index (χ2n) is 14.0. The maximum absolute atomic E-state index is 12.4. The Labute approximate surface area is 279 Å². The van der Waals surface area contributed by atoms with Crippen molar-refractivity contribution in [1.29, 1.82) is 0 Å². The number of nitrogens with one attached hydrogen (secondary N) is 1. The van der Waals surface area contributed by atoms with Gasteiger partial charge < -0.3 is 25.7 Å². The van der Waals surface area contributed by atoms with Gasteiger partial charge in [-0.15, -0.1) is 0 Å². The molecule has 270 valence electrons. The smallest absolute Gasteiger partial charge is 0.249 e. The molecule has 4 atom stereocenters. The Morgan fingerprint density at radius 2 is 0.756 bits per heavy atom. The van der Waals surface area contributed by atoms with E-state index in [1.165, 1.54) is 135 Å². The van der Waals surface area contributed by atoms with Crippen molar-refractivity contribution in [2.45, 2.75) is 237 Å². The van der Waals surface area contributed by atoms with Crippen LogP contribution in [0, 0.1) is 0 Å². The summed E-state index contributed by atoms with van der Waals surface area (Å²) < 4.78 is 0. The van der Waals surface area contributed by atoms with Crippen LogP contribution in [0.15, 0.2) is 0 Å². The number of aliphatic hydroxyl groups excluding tert-OH is 4. The third kappa shape index (κ3) is 29.2. The van der Waals surface area contributed by atoms with Crippen LogP contribution in [0.2, 0.25) is 0 Å². The van der Waals surface area contributed by atoms with Crippen molar-refractivity contribution in [3.63, 3.8) is 0 Å². The van der Waals surface area contributed by atoms with Crippen LogP contribution in [-0.2, 0) is 4.79 Å². The van der Waals surface area contributed by atoms with E-state index in [4.69, 9.17) is 0 Å². The van der Waals surface area contributed by atoms with Crippen molar-refractivity contribution in [3.8, 4) is 0 Å². The quantitative estimate of drug-likeness (QED) is 0.0438. The third-order valence-electron chi connectivity index (χ3n) is 9.57. The molecule has 0 bridgehead atoms. The van der Waals surface area contributed by atoms with Crippen molar-refractivity contribution in [2.75, 3.05) is 6.61 Å². The zero-order valence-corrected chi connectivity index (χ0v) is 30.1. The highest BCUT2D eigenvalue weighted by molar-refractivity contribution is 5.80. The van der Waals surface area contributed by atoms with Gasteiger partial charge in [0.05, 0.1) is 18.8 Å². The van der Waals surface area contributed by atoms with Gasteiger partial charge in [0, 0.05) is 0 Å². The van der Waals surface area contributed by atoms with Crippen molar-refractivity contribution in [2.24, 2.45) is 0 Å². The van der Waals surface area contributed by atoms with E-state index in [9.17, 15) is 25.2 Å². The lowest BCUT2D eigenvalue weighted by Gasteiger charge is -2.27. The molecule has 0 aromatic rings. The Hall–Kier alpha value is -0.690. The summed E-state index contributed by atoms with van der Waals surface area (Å²) in [6.07, 6.45) is 34.7. The minimum atomic E-state index is -1.25. The fraction of sp³-hybridized carbons (Fsp3) is 0.974. The van der Waals surface area contributed by atoms with E-state index in [2.05, 4.69) is 19.2 Å². The summed E-state index contributed by atoms with van der Waals surface area (Å²) in [6.45, 7) is 3.95. The van der Waals surface area contributed by atoms with Crippen molar-refractivity contribution >= 4 is 5.91 Å². The summed E-state index contributed by atoms with van der Waals surface area (Å²) in [5, 5.41) is 43.0. The number of amides is 1. The predicted molar refractivity (Wildman–Crippen MR) is 192 cm³/mol. The topological polar surface area (TPSA) is 110 Å². The van der Waals surface area contributed by atoms with Crippen LogP contribution < -0.4 is 5.32 Å². The maximum Gasteiger partial charge on any atom is 0.249 e. The molecule has 4 unspecified atom stereocenters. The maximum atomic E-state index is 12.4. The summed E-state index contributed by atoms with van der Waals surface area (Å²) >= 11 is 0. The molecule has 0 aromatic heterocycles. The standard InChI is InChI=1S/C39H79NO5/c1-3-5-7-9-10-11-12-13-14-15-16-17-18-19-20-21-22-23-24-25-26-27-29-31-33-37(43)39(45)40-35(34-41)38(44)36(42)32-30-28-8-6-4-2/h35-38,41-44H,3-34H2,1-2H3,(H,40,45). The highest BCUT2D eigenvalue weighted by Gasteiger charge is 2.28. The first kappa shape index (κ1) is 44.3. The Morgan fingerprint density at radius 3 is 1.07 bits per heavy atom. The first-order chi connectivity index (χ1) is 22.0. The van der Waals surface area contributed by atoms with Gasteiger partial charge in [-0.05, 0) is 12.8 Å². The van der Waals surface area contributed by atoms with E-state index in [0.717, 1.165) is 51.4 Å². The molecular formula is C39H79NO5. The minimum absolute atomic E-state index is 0.374. The Bertz CT molecular complexity index is 604. The van der Waals surface area contributed by atoms with Crippen LogP contribution in [0.4, 0.5) is 0 Å². The van der Waals surface area contributed by atoms with Crippen LogP contribution in [-0.4, -0.2) is 57.3 Å². The molecule has 45 heavy (non-hydrogen) atoms. The van der Waals surface area contributed by atoms with Crippen molar-refractivity contribution in [3.05, 3.63) is 0 Å². The molecule has 0 aromatic carbocycles. The number of aliphatic hydroxyl groups is 4. The SMILES string of the molecule is CCCCCCCCCCCCCCCCCCCCCCCCCCC(O)C(=O)NC(CO)C(O)C(O)CCCCCCC. The normalized spacial score (nSPS) is 14.4. The molecule has 1 amide bonds. The van der Waals surface area contributed by atoms with E-state index in [1.807, 2.05) is 0 Å². The van der Waals surface area contributed by atoms with Crippen LogP contribution in [0.5, 0.6) is 0 Å². The minimum Gasteiger partial charge on any atom is -0.394 e. The van der Waals surface area contributed by atoms with E-state index in [0.29, 0.717) is 12.8 Å². The summed E-state index contributed by atoms with van der Waals surface area (Å²) in [7, 11) is 0. The molecule has 5 N–H and O–H groups in total. The van der Waals surface area contributed by atoms with Gasteiger partial charge in [0.25, 0.3) is 0 Å². The number of hydrogen-bond acceptors (Lipinski definition) is 5. The van der Waals surface area contributed by atoms with Crippen molar-refractivity contribution in [1.82, 2.24) is 5.32 Å². The predicted octanol–water partition coefficient (Wildman–Crippen LogP) is 9.68. The first-order valence-electron chi connectivity index (χ1n) is 19.9. The van der Waals surface area contributed by atoms with Crippen LogP contribution in [0.1, 0.15) is 213 Å². The first-order valence-corrected chi connectivity index (χ1v) is 19.9. The Balaban J connectivity index is 3.54. The Morgan fingerprint density at radius 1 is 0.467 bits per heavy atom. The highest BCUT2D eigenvalue weighted by Crippen LogP contribution is 2.17. The van der Waals surface area contributed by atoms with Gasteiger partial charge in [-0.3, -0.25) is 4.79 Å². The van der Waals surface area contributed by atoms with Crippen LogP contribution in [0.25, 0.3) is 0 Å². The lowest BCUT2D eigenvalue weighted by Crippen LogP contribution is -2.53. The van der Waals surface area contributed by atoms with Crippen LogP contribution >= 0.6 is 0 Å². The second kappa shape index (κ2) is 34.6. The molecule has 0 radical (unpaired) electrons. The number of carbonyl (C=O) groups is 1.